The van der Waals surface area contributed by atoms with Crippen LogP contribution in [-0.4, -0.2) is 26.7 Å². The molecule has 0 spiro atoms. The van der Waals surface area contributed by atoms with Gasteiger partial charge in [-0.05, 0) is 36.0 Å². The van der Waals surface area contributed by atoms with Crippen LogP contribution in [0, 0.1) is 5.41 Å². The molecule has 2 N–H and O–H groups in total. The van der Waals surface area contributed by atoms with E-state index in [9.17, 15) is 9.90 Å². The quantitative estimate of drug-likeness (QED) is 0.861. The number of carboxylic acid groups (broad SMARTS) is 1. The number of carboxylic acids is 1. The van der Waals surface area contributed by atoms with Gasteiger partial charge in [0.15, 0.2) is 0 Å². The molecule has 0 saturated carbocycles. The first-order valence-electron chi connectivity index (χ1n) is 7.62. The molecule has 1 aromatic heterocycles. The molecule has 5 nitrogen and oxygen atoms in total. The Labute approximate surface area is 131 Å². The predicted molar refractivity (Wildman–Crippen MR) is 87.7 cm³/mol. The van der Waals surface area contributed by atoms with E-state index in [4.69, 9.17) is 0 Å². The second-order valence-electron chi connectivity index (χ2n) is 7.05. The van der Waals surface area contributed by atoms with Gasteiger partial charge in [-0.1, -0.05) is 26.8 Å². The van der Waals surface area contributed by atoms with Crippen molar-refractivity contribution in [2.24, 2.45) is 12.5 Å². The molecule has 2 rings (SSSR count). The maximum atomic E-state index is 11.4. The first kappa shape index (κ1) is 16.5. The number of fused-ring (bicyclic) bond motifs is 1. The van der Waals surface area contributed by atoms with Crippen molar-refractivity contribution < 1.29 is 9.90 Å². The summed E-state index contributed by atoms with van der Waals surface area (Å²) in [4.78, 5) is 15.7. The van der Waals surface area contributed by atoms with Crippen molar-refractivity contribution in [2.45, 2.75) is 46.2 Å². The molecule has 0 aliphatic carbocycles. The number of hydrogen-bond acceptors (Lipinski definition) is 3. The highest BCUT2D eigenvalue weighted by Gasteiger charge is 2.20. The highest BCUT2D eigenvalue weighted by molar-refractivity contribution is 5.76. The number of aryl methyl sites for hydroxylation is 1. The average molecular weight is 303 g/mol. The van der Waals surface area contributed by atoms with Crippen LogP contribution in [0.15, 0.2) is 24.5 Å². The lowest BCUT2D eigenvalue weighted by Crippen LogP contribution is -2.37. The predicted octanol–water partition coefficient (Wildman–Crippen LogP) is 2.94. The zero-order valence-corrected chi connectivity index (χ0v) is 13.8. The number of carbonyl (C=O) groups is 1. The third-order valence-corrected chi connectivity index (χ3v) is 3.82. The number of rotatable bonds is 6. The fourth-order valence-electron chi connectivity index (χ4n) is 2.42. The topological polar surface area (TPSA) is 67.2 Å². The molecule has 22 heavy (non-hydrogen) atoms. The van der Waals surface area contributed by atoms with Crippen molar-refractivity contribution >= 4 is 17.0 Å². The van der Waals surface area contributed by atoms with Crippen LogP contribution in [-0.2, 0) is 18.4 Å². The van der Waals surface area contributed by atoms with Crippen molar-refractivity contribution in [3.63, 3.8) is 0 Å². The fraction of sp³-hybridized carbons (Fsp3) is 0.529. The molecule has 0 aliphatic rings. The standard InChI is InChI=1S/C17H25N3O2/c1-17(2,3)8-7-13(16(21)22)18-10-12-5-6-15-14(9-12)19-11-20(15)4/h5-6,9,11,13,18H,7-8,10H2,1-4H3,(H,21,22). The van der Waals surface area contributed by atoms with Crippen LogP contribution in [0.1, 0.15) is 39.2 Å². The lowest BCUT2D eigenvalue weighted by atomic mass is 9.88. The Balaban J connectivity index is 1.99. The first-order chi connectivity index (χ1) is 10.3. The van der Waals surface area contributed by atoms with E-state index in [2.05, 4.69) is 31.1 Å². The number of aromatic nitrogens is 2. The normalized spacial score (nSPS) is 13.5. The monoisotopic (exact) mass is 303 g/mol. The second kappa shape index (κ2) is 6.48. The highest BCUT2D eigenvalue weighted by Crippen LogP contribution is 2.22. The van der Waals surface area contributed by atoms with E-state index in [-0.39, 0.29) is 5.41 Å². The van der Waals surface area contributed by atoms with Gasteiger partial charge < -0.3 is 15.0 Å². The average Bonchev–Trinajstić information content (AvgIpc) is 2.78. The van der Waals surface area contributed by atoms with Gasteiger partial charge >= 0.3 is 5.97 Å². The summed E-state index contributed by atoms with van der Waals surface area (Å²) < 4.78 is 1.97. The lowest BCUT2D eigenvalue weighted by molar-refractivity contribution is -0.139. The third kappa shape index (κ3) is 4.31. The number of imidazole rings is 1. The third-order valence-electron chi connectivity index (χ3n) is 3.82. The first-order valence-corrected chi connectivity index (χ1v) is 7.62. The van der Waals surface area contributed by atoms with Crippen molar-refractivity contribution in [1.82, 2.24) is 14.9 Å². The summed E-state index contributed by atoms with van der Waals surface area (Å²) >= 11 is 0. The maximum absolute atomic E-state index is 11.4. The fourth-order valence-corrected chi connectivity index (χ4v) is 2.42. The zero-order chi connectivity index (χ0) is 16.3. The van der Waals surface area contributed by atoms with Crippen LogP contribution in [0.5, 0.6) is 0 Å². The Morgan fingerprint density at radius 1 is 1.41 bits per heavy atom. The molecule has 2 aromatic rings. The number of benzene rings is 1. The largest absolute Gasteiger partial charge is 0.480 e. The molecule has 5 heteroatoms. The van der Waals surface area contributed by atoms with Crippen LogP contribution in [0.4, 0.5) is 0 Å². The van der Waals surface area contributed by atoms with Crippen LogP contribution in [0.2, 0.25) is 0 Å². The van der Waals surface area contributed by atoms with Gasteiger partial charge in [-0.3, -0.25) is 4.79 Å². The molecule has 1 unspecified atom stereocenters. The summed E-state index contributed by atoms with van der Waals surface area (Å²) in [6.07, 6.45) is 3.28. The molecule has 120 valence electrons. The van der Waals surface area contributed by atoms with Gasteiger partial charge in [-0.25, -0.2) is 4.98 Å². The maximum Gasteiger partial charge on any atom is 0.320 e. The Hall–Kier alpha value is -1.88. The van der Waals surface area contributed by atoms with Crippen LogP contribution in [0.3, 0.4) is 0 Å². The smallest absolute Gasteiger partial charge is 0.320 e. The summed E-state index contributed by atoms with van der Waals surface area (Å²) in [5.41, 5.74) is 3.20. The second-order valence-corrected chi connectivity index (χ2v) is 7.05. The minimum atomic E-state index is -0.789. The highest BCUT2D eigenvalue weighted by atomic mass is 16.4. The van der Waals surface area contributed by atoms with E-state index >= 15 is 0 Å². The van der Waals surface area contributed by atoms with Crippen LogP contribution < -0.4 is 5.32 Å². The molecule has 0 fully saturated rings. The summed E-state index contributed by atoms with van der Waals surface area (Å²) in [6.45, 7) is 6.91. The summed E-state index contributed by atoms with van der Waals surface area (Å²) in [7, 11) is 1.96. The van der Waals surface area contributed by atoms with Gasteiger partial charge in [0.25, 0.3) is 0 Å². The summed E-state index contributed by atoms with van der Waals surface area (Å²) in [5.74, 6) is -0.789. The minimum Gasteiger partial charge on any atom is -0.480 e. The molecule has 0 saturated heterocycles. The molecule has 0 radical (unpaired) electrons. The van der Waals surface area contributed by atoms with Gasteiger partial charge in [0, 0.05) is 13.6 Å². The van der Waals surface area contributed by atoms with Gasteiger partial charge in [-0.15, -0.1) is 0 Å². The van der Waals surface area contributed by atoms with Gasteiger partial charge in [-0.2, -0.15) is 0 Å². The minimum absolute atomic E-state index is 0.141. The molecular weight excluding hydrogens is 278 g/mol. The summed E-state index contributed by atoms with van der Waals surface area (Å²) in [6, 6.07) is 5.52. The number of aliphatic carboxylic acids is 1. The van der Waals surface area contributed by atoms with Crippen molar-refractivity contribution in [2.75, 3.05) is 0 Å². The lowest BCUT2D eigenvalue weighted by Gasteiger charge is -2.21. The Bertz CT molecular complexity index is 655. The molecule has 1 heterocycles. The van der Waals surface area contributed by atoms with Crippen LogP contribution >= 0.6 is 0 Å². The van der Waals surface area contributed by atoms with Crippen molar-refractivity contribution in [1.29, 1.82) is 0 Å². The molecular formula is C17H25N3O2. The van der Waals surface area contributed by atoms with E-state index in [0.717, 1.165) is 23.0 Å². The Morgan fingerprint density at radius 2 is 2.14 bits per heavy atom. The number of nitrogens with one attached hydrogen (secondary N) is 1. The van der Waals surface area contributed by atoms with Gasteiger partial charge in [0.1, 0.15) is 6.04 Å². The number of hydrogen-bond donors (Lipinski definition) is 2. The molecule has 0 bridgehead atoms. The van der Waals surface area contributed by atoms with E-state index in [1.807, 2.05) is 29.8 Å². The van der Waals surface area contributed by atoms with Gasteiger partial charge in [0.2, 0.25) is 0 Å². The molecule has 1 atom stereocenters. The number of nitrogens with zero attached hydrogens (tertiary/aromatic N) is 2. The Morgan fingerprint density at radius 3 is 2.77 bits per heavy atom. The van der Waals surface area contributed by atoms with Gasteiger partial charge in [0.05, 0.1) is 17.4 Å². The summed E-state index contributed by atoms with van der Waals surface area (Å²) in [5, 5.41) is 12.5. The van der Waals surface area contributed by atoms with E-state index in [0.29, 0.717) is 13.0 Å². The zero-order valence-electron chi connectivity index (χ0n) is 13.8. The van der Waals surface area contributed by atoms with Crippen molar-refractivity contribution in [3.05, 3.63) is 30.1 Å². The van der Waals surface area contributed by atoms with E-state index in [1.165, 1.54) is 0 Å². The molecule has 0 amide bonds. The molecule has 0 aliphatic heterocycles. The van der Waals surface area contributed by atoms with Crippen molar-refractivity contribution in [3.8, 4) is 0 Å². The Kier molecular flexibility index (Phi) is 4.86. The van der Waals surface area contributed by atoms with E-state index in [1.54, 1.807) is 6.33 Å². The SMILES string of the molecule is Cn1cnc2cc(CNC(CCC(C)(C)C)C(=O)O)ccc21. The van der Waals surface area contributed by atoms with Crippen LogP contribution in [0.25, 0.3) is 11.0 Å². The van der Waals surface area contributed by atoms with E-state index < -0.39 is 12.0 Å². The molecule has 1 aromatic carbocycles.